The fraction of sp³-hybridized carbons (Fsp3) is 0.458. The quantitative estimate of drug-likeness (QED) is 0.00968. The molecule has 0 radical (unpaired) electrons. The number of nitrogens with two attached hydrogens (primary N) is 4. The molecule has 6 aromatic rings. The normalized spacial score (nSPS) is 13.4. The van der Waals surface area contributed by atoms with E-state index in [-0.39, 0.29) is 170 Å². The smallest absolute Gasteiger partial charge is 0.224 e. The topological polar surface area (TPSA) is 513 Å². The molecule has 125 heavy (non-hydrogen) atoms. The minimum absolute atomic E-state index is 0.0168. The summed E-state index contributed by atoms with van der Waals surface area (Å²) in [5, 5.41) is 57.0. The van der Waals surface area contributed by atoms with Gasteiger partial charge < -0.3 is 70.8 Å². The van der Waals surface area contributed by atoms with Gasteiger partial charge in [0, 0.05) is 120 Å². The molecule has 0 saturated heterocycles. The van der Waals surface area contributed by atoms with Gasteiger partial charge in [-0.05, 0) is 149 Å². The van der Waals surface area contributed by atoms with Gasteiger partial charge in [0.25, 0.3) is 0 Å². The number of hydrogen-bond acceptors (Lipinski definition) is 16. The van der Waals surface area contributed by atoms with Gasteiger partial charge in [-0.2, -0.15) is 0 Å². The van der Waals surface area contributed by atoms with E-state index in [2.05, 4.69) is 47.9 Å². The lowest BCUT2D eigenvalue weighted by molar-refractivity contribution is -0.136. The Hall–Kier alpha value is -12.6. The Labute approximate surface area is 735 Å². The Kier molecular flexibility index (Phi) is 46.2. The first-order valence-electron chi connectivity index (χ1n) is 43.8. The molecule has 21 N–H and O–H groups in total. The van der Waals surface area contributed by atoms with Crippen LogP contribution in [0.2, 0.25) is 0 Å². The molecule has 10 unspecified atom stereocenters. The Bertz CT molecular complexity index is 4430. The molecule has 0 fully saturated rings. The lowest BCUT2D eigenvalue weighted by Crippen LogP contribution is -2.48. The molecular formula is C96H131N17O12. The largest absolute Gasteiger partial charge is 0.370 e. The highest BCUT2D eigenvalue weighted by atomic mass is 16.2. The van der Waals surface area contributed by atoms with Crippen molar-refractivity contribution in [1.29, 1.82) is 21.6 Å². The summed E-state index contributed by atoms with van der Waals surface area (Å²) in [6.45, 7) is 4.46. The van der Waals surface area contributed by atoms with E-state index in [0.29, 0.717) is 80.2 Å². The first kappa shape index (κ1) is 101. The third kappa shape index (κ3) is 41.0. The number of nitrogens with one attached hydrogen (secondary N) is 13. The summed E-state index contributed by atoms with van der Waals surface area (Å²) in [7, 11) is 0. The van der Waals surface area contributed by atoms with E-state index in [4.69, 9.17) is 44.6 Å². The summed E-state index contributed by atoms with van der Waals surface area (Å²) in [5.41, 5.74) is 26.8. The highest BCUT2D eigenvalue weighted by Gasteiger charge is 2.38. The summed E-state index contributed by atoms with van der Waals surface area (Å²) in [6.07, 6.45) is 3.59. The Balaban J connectivity index is 1.31. The number of carbonyl (C=O) groups excluding carboxylic acids is 12. The van der Waals surface area contributed by atoms with Gasteiger partial charge in [0.05, 0.1) is 24.2 Å². The van der Waals surface area contributed by atoms with Crippen molar-refractivity contribution in [3.63, 3.8) is 0 Å². The van der Waals surface area contributed by atoms with E-state index in [1.165, 1.54) is 6.92 Å². The number of rotatable bonds is 63. The standard InChI is InChI=1S/C96H131N17O12/c1-3-72(42-26-49-106-93(97)98)89(122)111-79(57-69-36-18-9-19-37-69)85(118)62-75(54-66-30-12-6-13-31-66)83(116)60-73(43-27-50-107-94(99)100)90(123)112-80(58-70-38-20-10-21-39-70)86(119)63-76(55-67-32-14-7-15-33-67)84(117)61-74(44-28-51-108-95(101)102)91(124)113-81(59-71-40-22-11-23-41-71)87(120)64-77(56-68-34-16-8-17-35-68)92(125)110-78(45-29-52-109-96(103)104)82(115)46-24-4-5-25-47-88(121)105-53-48-65(2)114/h6-23,30-41,72-81H,3-5,24-29,42-64H2,1-2H3,(H,105,121)(H,110,125)(H,111,122)(H,112,123)(H,113,124)(H4,97,98,106)(H4,99,100,107)(H4,101,102,108)(H4,103,104,109). The predicted molar refractivity (Wildman–Crippen MR) is 486 cm³/mol. The van der Waals surface area contributed by atoms with E-state index in [1.54, 1.807) is 91.0 Å². The maximum absolute atomic E-state index is 15.7. The van der Waals surface area contributed by atoms with Crippen molar-refractivity contribution in [3.8, 4) is 0 Å². The maximum atomic E-state index is 15.7. The second-order valence-corrected chi connectivity index (χ2v) is 32.4. The molecular weight excluding hydrogens is 1580 g/mol. The van der Waals surface area contributed by atoms with Crippen LogP contribution in [0.4, 0.5) is 0 Å². The molecule has 672 valence electrons. The zero-order chi connectivity index (χ0) is 90.7. The van der Waals surface area contributed by atoms with Crippen LogP contribution in [0.25, 0.3) is 0 Å². The fourth-order valence-electron chi connectivity index (χ4n) is 15.3. The Morgan fingerprint density at radius 2 is 0.544 bits per heavy atom. The molecule has 6 rings (SSSR count). The van der Waals surface area contributed by atoms with Crippen LogP contribution in [0.15, 0.2) is 182 Å². The monoisotopic (exact) mass is 1710 g/mol. The first-order valence-corrected chi connectivity index (χ1v) is 43.8. The highest BCUT2D eigenvalue weighted by Crippen LogP contribution is 2.28. The minimum Gasteiger partial charge on any atom is -0.370 e. The lowest BCUT2D eigenvalue weighted by atomic mass is 9.82. The number of hydrogen-bond donors (Lipinski definition) is 17. The van der Waals surface area contributed by atoms with Crippen molar-refractivity contribution in [2.75, 3.05) is 32.7 Å². The minimum atomic E-state index is -1.30. The molecule has 0 aliphatic carbocycles. The van der Waals surface area contributed by atoms with E-state index in [9.17, 15) is 24.0 Å². The third-order valence-electron chi connectivity index (χ3n) is 22.3. The van der Waals surface area contributed by atoms with Crippen LogP contribution in [-0.4, -0.2) is 151 Å². The third-order valence-corrected chi connectivity index (χ3v) is 22.3. The van der Waals surface area contributed by atoms with Crippen molar-refractivity contribution in [1.82, 2.24) is 47.9 Å². The molecule has 0 aliphatic rings. The molecule has 10 atom stereocenters. The lowest BCUT2D eigenvalue weighted by Gasteiger charge is -2.27. The summed E-state index contributed by atoms with van der Waals surface area (Å²) in [6, 6.07) is 49.6. The molecule has 0 aromatic heterocycles. The van der Waals surface area contributed by atoms with Gasteiger partial charge in [-0.15, -0.1) is 0 Å². The number of guanidine groups is 4. The van der Waals surface area contributed by atoms with E-state index in [1.807, 2.05) is 97.9 Å². The van der Waals surface area contributed by atoms with Crippen molar-refractivity contribution >= 4 is 93.9 Å². The van der Waals surface area contributed by atoms with Gasteiger partial charge >= 0.3 is 0 Å². The van der Waals surface area contributed by atoms with Crippen LogP contribution in [0.1, 0.15) is 182 Å². The number of unbranched alkanes of at least 4 members (excludes halogenated alkanes) is 3. The molecule has 6 aromatic carbocycles. The van der Waals surface area contributed by atoms with Crippen LogP contribution in [-0.2, 0) is 96.1 Å². The van der Waals surface area contributed by atoms with Crippen molar-refractivity contribution in [3.05, 3.63) is 215 Å². The molecule has 0 aliphatic heterocycles. The Morgan fingerprint density at radius 3 is 0.872 bits per heavy atom. The average molecular weight is 1720 g/mol. The van der Waals surface area contributed by atoms with Gasteiger partial charge in [-0.3, -0.25) is 79.2 Å². The van der Waals surface area contributed by atoms with E-state index < -0.39 is 132 Å². The van der Waals surface area contributed by atoms with Gasteiger partial charge in [-0.1, -0.05) is 202 Å². The van der Waals surface area contributed by atoms with Crippen LogP contribution in [0.3, 0.4) is 0 Å². The van der Waals surface area contributed by atoms with E-state index in [0.717, 1.165) is 11.1 Å². The predicted octanol–water partition coefficient (Wildman–Crippen LogP) is 8.34. The fourth-order valence-corrected chi connectivity index (χ4v) is 15.3. The zero-order valence-electron chi connectivity index (χ0n) is 72.4. The number of Topliss-reactive ketones (excluding diaryl/α,β-unsaturated/α-hetero) is 7. The highest BCUT2D eigenvalue weighted by molar-refractivity contribution is 5.99. The van der Waals surface area contributed by atoms with Crippen molar-refractivity contribution in [2.45, 2.75) is 211 Å². The van der Waals surface area contributed by atoms with Crippen molar-refractivity contribution in [2.24, 2.45) is 58.4 Å². The van der Waals surface area contributed by atoms with Gasteiger partial charge in [0.2, 0.25) is 29.5 Å². The van der Waals surface area contributed by atoms with Gasteiger partial charge in [-0.25, -0.2) is 0 Å². The average Bonchev–Trinajstić information content (AvgIpc) is 0.851. The molecule has 0 heterocycles. The summed E-state index contributed by atoms with van der Waals surface area (Å²) >= 11 is 0. The van der Waals surface area contributed by atoms with Crippen LogP contribution in [0, 0.1) is 57.1 Å². The molecule has 29 nitrogen and oxygen atoms in total. The number of carbonyl (C=O) groups is 12. The van der Waals surface area contributed by atoms with Crippen LogP contribution >= 0.6 is 0 Å². The van der Waals surface area contributed by atoms with Crippen LogP contribution in [0.5, 0.6) is 0 Å². The molecule has 5 amide bonds. The number of benzene rings is 6. The number of ketones is 7. The summed E-state index contributed by atoms with van der Waals surface area (Å²) in [5.74, 6) is -12.2. The van der Waals surface area contributed by atoms with Gasteiger partial charge in [0.1, 0.15) is 17.3 Å². The molecule has 0 spiro atoms. The van der Waals surface area contributed by atoms with Crippen molar-refractivity contribution < 1.29 is 57.5 Å². The molecule has 0 saturated carbocycles. The second kappa shape index (κ2) is 57.0. The first-order chi connectivity index (χ1) is 60.1. The Morgan fingerprint density at radius 1 is 0.272 bits per heavy atom. The number of amides is 5. The SMILES string of the molecule is CCC(CCCNC(=N)N)C(=O)NC(Cc1ccccc1)C(=O)CC(Cc1ccccc1)C(=O)CC(CCCNC(=N)N)C(=O)NC(Cc1ccccc1)C(=O)CC(Cc1ccccc1)C(=O)CC(CCCNC(=N)N)C(=O)NC(Cc1ccccc1)C(=O)CC(Cc1ccccc1)C(=O)NC(CCCNC(=N)N)C(=O)CCCCCCC(=O)NCCC(C)=O. The van der Waals surface area contributed by atoms with Gasteiger partial charge in [0.15, 0.2) is 47.0 Å². The molecule has 29 heteroatoms. The summed E-state index contributed by atoms with van der Waals surface area (Å²) in [4.78, 5) is 175. The second-order valence-electron chi connectivity index (χ2n) is 32.4. The zero-order valence-corrected chi connectivity index (χ0v) is 72.4. The maximum Gasteiger partial charge on any atom is 0.224 e. The van der Waals surface area contributed by atoms with E-state index >= 15 is 33.6 Å². The summed E-state index contributed by atoms with van der Waals surface area (Å²) < 4.78 is 0. The van der Waals surface area contributed by atoms with Crippen LogP contribution < -0.4 is 70.8 Å². The molecule has 0 bridgehead atoms.